The Bertz CT molecular complexity index is 632. The van der Waals surface area contributed by atoms with Crippen molar-refractivity contribution in [2.45, 2.75) is 30.7 Å². The number of piperidine rings is 1. The Balaban J connectivity index is 1.81. The summed E-state index contributed by atoms with van der Waals surface area (Å²) in [6.45, 7) is 4.78. The average molecular weight is 326 g/mol. The van der Waals surface area contributed by atoms with Crippen molar-refractivity contribution in [2.75, 3.05) is 26.3 Å². The van der Waals surface area contributed by atoms with Crippen LogP contribution >= 0.6 is 0 Å². The van der Waals surface area contributed by atoms with Gasteiger partial charge in [0.05, 0.1) is 18.1 Å². The molecule has 2 unspecified atom stereocenters. The summed E-state index contributed by atoms with van der Waals surface area (Å²) in [4.78, 5) is 0.217. The SMILES string of the molecule is CC1CCNCC1NS(=O)(=O)c1ccc2c(c1)OCCCO2. The molecule has 22 heavy (non-hydrogen) atoms. The predicted octanol–water partition coefficient (Wildman–Crippen LogP) is 1.12. The maximum atomic E-state index is 12.6. The second kappa shape index (κ2) is 6.44. The second-order valence-electron chi connectivity index (χ2n) is 5.86. The fourth-order valence-electron chi connectivity index (χ4n) is 2.73. The Morgan fingerprint density at radius 2 is 2.00 bits per heavy atom. The van der Waals surface area contributed by atoms with Crippen LogP contribution in [0.2, 0.25) is 0 Å². The largest absolute Gasteiger partial charge is 0.490 e. The molecule has 2 aliphatic heterocycles. The van der Waals surface area contributed by atoms with Crippen molar-refractivity contribution in [2.24, 2.45) is 5.92 Å². The highest BCUT2D eigenvalue weighted by Gasteiger charge is 2.27. The minimum Gasteiger partial charge on any atom is -0.490 e. The van der Waals surface area contributed by atoms with Crippen LogP contribution in [0.4, 0.5) is 0 Å². The third-order valence-electron chi connectivity index (χ3n) is 4.16. The summed E-state index contributed by atoms with van der Waals surface area (Å²) in [5.74, 6) is 1.41. The van der Waals surface area contributed by atoms with Crippen molar-refractivity contribution >= 4 is 10.0 Å². The van der Waals surface area contributed by atoms with Crippen molar-refractivity contribution in [1.82, 2.24) is 10.0 Å². The lowest BCUT2D eigenvalue weighted by atomic mass is 9.96. The van der Waals surface area contributed by atoms with Gasteiger partial charge < -0.3 is 14.8 Å². The van der Waals surface area contributed by atoms with Gasteiger partial charge in [0.15, 0.2) is 11.5 Å². The first-order chi connectivity index (χ1) is 10.6. The van der Waals surface area contributed by atoms with Crippen molar-refractivity contribution in [3.8, 4) is 11.5 Å². The van der Waals surface area contributed by atoms with E-state index in [1.165, 1.54) is 0 Å². The van der Waals surface area contributed by atoms with Crippen LogP contribution in [0, 0.1) is 5.92 Å². The third-order valence-corrected chi connectivity index (χ3v) is 5.65. The molecule has 1 fully saturated rings. The van der Waals surface area contributed by atoms with Gasteiger partial charge in [-0.15, -0.1) is 0 Å². The number of rotatable bonds is 3. The molecule has 1 aromatic carbocycles. The highest BCUT2D eigenvalue weighted by atomic mass is 32.2. The van der Waals surface area contributed by atoms with Gasteiger partial charge in [-0.05, 0) is 31.0 Å². The van der Waals surface area contributed by atoms with Gasteiger partial charge in [0.2, 0.25) is 10.0 Å². The second-order valence-corrected chi connectivity index (χ2v) is 7.57. The number of benzene rings is 1. The molecule has 2 aliphatic rings. The van der Waals surface area contributed by atoms with E-state index in [0.29, 0.717) is 37.2 Å². The molecule has 2 atom stereocenters. The minimum atomic E-state index is -3.56. The van der Waals surface area contributed by atoms with E-state index >= 15 is 0 Å². The monoisotopic (exact) mass is 326 g/mol. The number of nitrogens with one attached hydrogen (secondary N) is 2. The summed E-state index contributed by atoms with van der Waals surface area (Å²) < 4.78 is 39.1. The summed E-state index contributed by atoms with van der Waals surface area (Å²) in [5.41, 5.74) is 0. The molecule has 2 heterocycles. The van der Waals surface area contributed by atoms with Gasteiger partial charge in [-0.2, -0.15) is 0 Å². The molecule has 0 saturated carbocycles. The zero-order chi connectivity index (χ0) is 15.6. The van der Waals surface area contributed by atoms with Gasteiger partial charge in [0, 0.05) is 25.1 Å². The molecular formula is C15H22N2O4S. The smallest absolute Gasteiger partial charge is 0.241 e. The van der Waals surface area contributed by atoms with Crippen molar-refractivity contribution in [3.63, 3.8) is 0 Å². The molecule has 1 aromatic rings. The number of hydrogen-bond donors (Lipinski definition) is 2. The van der Waals surface area contributed by atoms with Crippen molar-refractivity contribution < 1.29 is 17.9 Å². The van der Waals surface area contributed by atoms with Crippen molar-refractivity contribution in [1.29, 1.82) is 0 Å². The highest BCUT2D eigenvalue weighted by molar-refractivity contribution is 7.89. The minimum absolute atomic E-state index is 0.0882. The first kappa shape index (κ1) is 15.6. The van der Waals surface area contributed by atoms with E-state index in [1.807, 2.05) is 0 Å². The molecule has 0 aromatic heterocycles. The van der Waals surface area contributed by atoms with E-state index in [4.69, 9.17) is 9.47 Å². The predicted molar refractivity (Wildman–Crippen MR) is 82.8 cm³/mol. The Labute approximate surface area is 131 Å². The molecular weight excluding hydrogens is 304 g/mol. The first-order valence-electron chi connectivity index (χ1n) is 7.69. The summed E-state index contributed by atoms with van der Waals surface area (Å²) in [6, 6.07) is 4.69. The van der Waals surface area contributed by atoms with E-state index < -0.39 is 10.0 Å². The molecule has 122 valence electrons. The number of sulfonamides is 1. The van der Waals surface area contributed by atoms with Crippen LogP contribution in [0.25, 0.3) is 0 Å². The van der Waals surface area contributed by atoms with Gasteiger partial charge in [0.1, 0.15) is 0 Å². The number of ether oxygens (including phenoxy) is 2. The van der Waals surface area contributed by atoms with E-state index in [0.717, 1.165) is 19.4 Å². The molecule has 6 nitrogen and oxygen atoms in total. The Morgan fingerprint density at radius 1 is 1.23 bits per heavy atom. The molecule has 0 spiro atoms. The van der Waals surface area contributed by atoms with Gasteiger partial charge in [-0.25, -0.2) is 13.1 Å². The van der Waals surface area contributed by atoms with Crippen LogP contribution in [0.3, 0.4) is 0 Å². The van der Waals surface area contributed by atoms with E-state index in [1.54, 1.807) is 18.2 Å². The van der Waals surface area contributed by atoms with Crippen LogP contribution in [0.1, 0.15) is 19.8 Å². The Kier molecular flexibility index (Phi) is 4.56. The van der Waals surface area contributed by atoms with Crippen LogP contribution in [-0.4, -0.2) is 40.8 Å². The first-order valence-corrected chi connectivity index (χ1v) is 9.17. The lowest BCUT2D eigenvalue weighted by Gasteiger charge is -2.30. The molecule has 0 amide bonds. The quantitative estimate of drug-likeness (QED) is 0.871. The van der Waals surface area contributed by atoms with E-state index in [2.05, 4.69) is 17.0 Å². The average Bonchev–Trinajstić information content (AvgIpc) is 2.74. The van der Waals surface area contributed by atoms with Gasteiger partial charge in [-0.1, -0.05) is 6.92 Å². The number of fused-ring (bicyclic) bond motifs is 1. The zero-order valence-electron chi connectivity index (χ0n) is 12.7. The van der Waals surface area contributed by atoms with E-state index in [9.17, 15) is 8.42 Å². The fraction of sp³-hybridized carbons (Fsp3) is 0.600. The number of hydrogen-bond acceptors (Lipinski definition) is 5. The molecule has 0 bridgehead atoms. The van der Waals surface area contributed by atoms with E-state index in [-0.39, 0.29) is 10.9 Å². The normalized spacial score (nSPS) is 25.5. The lowest BCUT2D eigenvalue weighted by molar-refractivity contribution is 0.297. The maximum absolute atomic E-state index is 12.6. The summed E-state index contributed by atoms with van der Waals surface area (Å²) in [7, 11) is -3.56. The summed E-state index contributed by atoms with van der Waals surface area (Å²) in [5, 5.41) is 3.23. The standard InChI is InChI=1S/C15H22N2O4S/c1-11-5-6-16-10-13(11)17-22(18,19)12-3-4-14-15(9-12)21-8-2-7-20-14/h3-4,9,11,13,16-17H,2,5-8,10H2,1H3. The third kappa shape index (κ3) is 3.37. The van der Waals surface area contributed by atoms with Gasteiger partial charge in [-0.3, -0.25) is 0 Å². The van der Waals surface area contributed by atoms with Gasteiger partial charge >= 0.3 is 0 Å². The maximum Gasteiger partial charge on any atom is 0.241 e. The van der Waals surface area contributed by atoms with Crippen LogP contribution < -0.4 is 19.5 Å². The zero-order valence-corrected chi connectivity index (χ0v) is 13.5. The topological polar surface area (TPSA) is 76.7 Å². The fourth-order valence-corrected chi connectivity index (χ4v) is 4.09. The molecule has 1 saturated heterocycles. The summed E-state index contributed by atoms with van der Waals surface area (Å²) in [6.07, 6.45) is 1.76. The Hall–Kier alpha value is -1.31. The molecule has 0 aliphatic carbocycles. The molecule has 3 rings (SSSR count). The Morgan fingerprint density at radius 3 is 2.77 bits per heavy atom. The highest BCUT2D eigenvalue weighted by Crippen LogP contribution is 2.32. The van der Waals surface area contributed by atoms with Crippen LogP contribution in [-0.2, 0) is 10.0 Å². The van der Waals surface area contributed by atoms with Crippen LogP contribution in [0.15, 0.2) is 23.1 Å². The van der Waals surface area contributed by atoms with Crippen LogP contribution in [0.5, 0.6) is 11.5 Å². The molecule has 0 radical (unpaired) electrons. The van der Waals surface area contributed by atoms with Gasteiger partial charge in [0.25, 0.3) is 0 Å². The summed E-state index contributed by atoms with van der Waals surface area (Å²) >= 11 is 0. The molecule has 2 N–H and O–H groups in total. The van der Waals surface area contributed by atoms with Crippen molar-refractivity contribution in [3.05, 3.63) is 18.2 Å². The molecule has 7 heteroatoms. The lowest BCUT2D eigenvalue weighted by Crippen LogP contribution is -2.50.